The van der Waals surface area contributed by atoms with Crippen molar-refractivity contribution in [3.8, 4) is 0 Å². The second-order valence-electron chi connectivity index (χ2n) is 4.77. The standard InChI is InChI=1S/C13H19N3O2/c14-13(18)9-5-6-12(15-7-9)16-11-4-2-1-3-10(11)8-17/h5-7,10-11,17H,1-4,8H2,(H2,14,18)(H,15,16). The van der Waals surface area contributed by atoms with Crippen molar-refractivity contribution < 1.29 is 9.90 Å². The zero-order valence-electron chi connectivity index (χ0n) is 10.3. The number of pyridine rings is 1. The molecule has 1 aromatic rings. The van der Waals surface area contributed by atoms with E-state index in [9.17, 15) is 9.90 Å². The number of hydrogen-bond donors (Lipinski definition) is 3. The summed E-state index contributed by atoms with van der Waals surface area (Å²) in [6, 6.07) is 3.67. The number of amides is 1. The van der Waals surface area contributed by atoms with Crippen LogP contribution in [0.2, 0.25) is 0 Å². The Bertz CT molecular complexity index is 405. The first-order valence-corrected chi connectivity index (χ1v) is 6.34. The van der Waals surface area contributed by atoms with Gasteiger partial charge in [0, 0.05) is 24.8 Å². The van der Waals surface area contributed by atoms with Gasteiger partial charge in [0.15, 0.2) is 0 Å². The van der Waals surface area contributed by atoms with Gasteiger partial charge in [0.25, 0.3) is 0 Å². The smallest absolute Gasteiger partial charge is 0.250 e. The van der Waals surface area contributed by atoms with Crippen molar-refractivity contribution in [3.05, 3.63) is 23.9 Å². The molecular formula is C13H19N3O2. The maximum atomic E-state index is 10.9. The van der Waals surface area contributed by atoms with Gasteiger partial charge in [0.05, 0.1) is 5.56 Å². The quantitative estimate of drug-likeness (QED) is 0.746. The van der Waals surface area contributed by atoms with Crippen LogP contribution in [-0.4, -0.2) is 28.6 Å². The zero-order chi connectivity index (χ0) is 13.0. The van der Waals surface area contributed by atoms with E-state index in [0.717, 1.165) is 18.7 Å². The third-order valence-corrected chi connectivity index (χ3v) is 3.52. The summed E-state index contributed by atoms with van der Waals surface area (Å²) < 4.78 is 0. The molecule has 1 aliphatic carbocycles. The van der Waals surface area contributed by atoms with Crippen molar-refractivity contribution in [1.82, 2.24) is 4.98 Å². The van der Waals surface area contributed by atoms with Crippen molar-refractivity contribution in [1.29, 1.82) is 0 Å². The highest BCUT2D eigenvalue weighted by Gasteiger charge is 2.24. The summed E-state index contributed by atoms with van der Waals surface area (Å²) in [5.74, 6) is 0.543. The van der Waals surface area contributed by atoms with Crippen molar-refractivity contribution in [3.63, 3.8) is 0 Å². The first kappa shape index (κ1) is 12.8. The van der Waals surface area contributed by atoms with E-state index in [1.807, 2.05) is 0 Å². The molecule has 1 aromatic heterocycles. The molecule has 98 valence electrons. The SMILES string of the molecule is NC(=O)c1ccc(NC2CCCCC2CO)nc1. The summed E-state index contributed by atoms with van der Waals surface area (Å²) >= 11 is 0. The molecule has 4 N–H and O–H groups in total. The number of hydrogen-bond acceptors (Lipinski definition) is 4. The number of aliphatic hydroxyl groups excluding tert-OH is 1. The second-order valence-corrected chi connectivity index (χ2v) is 4.77. The summed E-state index contributed by atoms with van der Waals surface area (Å²) in [6.07, 6.45) is 5.92. The van der Waals surface area contributed by atoms with Crippen molar-refractivity contribution in [2.24, 2.45) is 11.7 Å². The van der Waals surface area contributed by atoms with Crippen molar-refractivity contribution in [2.75, 3.05) is 11.9 Å². The molecule has 2 unspecified atom stereocenters. The van der Waals surface area contributed by atoms with Crippen LogP contribution < -0.4 is 11.1 Å². The Labute approximate surface area is 106 Å². The summed E-state index contributed by atoms with van der Waals surface area (Å²) in [4.78, 5) is 15.1. The Morgan fingerprint density at radius 2 is 2.22 bits per heavy atom. The van der Waals surface area contributed by atoms with Gasteiger partial charge >= 0.3 is 0 Å². The number of primary amides is 1. The molecule has 0 radical (unpaired) electrons. The number of aliphatic hydroxyl groups is 1. The molecule has 0 aliphatic heterocycles. The number of aromatic nitrogens is 1. The van der Waals surface area contributed by atoms with Crippen LogP contribution in [0.4, 0.5) is 5.82 Å². The highest BCUT2D eigenvalue weighted by Crippen LogP contribution is 2.26. The van der Waals surface area contributed by atoms with Gasteiger partial charge in [-0.3, -0.25) is 4.79 Å². The molecular weight excluding hydrogens is 230 g/mol. The number of carbonyl (C=O) groups is 1. The summed E-state index contributed by atoms with van der Waals surface area (Å²) in [5, 5.41) is 12.7. The highest BCUT2D eigenvalue weighted by molar-refractivity contribution is 5.92. The van der Waals surface area contributed by atoms with Crippen LogP contribution in [0.25, 0.3) is 0 Å². The van der Waals surface area contributed by atoms with E-state index in [-0.39, 0.29) is 18.6 Å². The number of carbonyl (C=O) groups excluding carboxylic acids is 1. The minimum Gasteiger partial charge on any atom is -0.396 e. The molecule has 1 heterocycles. The first-order valence-electron chi connectivity index (χ1n) is 6.34. The topological polar surface area (TPSA) is 88.2 Å². The lowest BCUT2D eigenvalue weighted by Crippen LogP contribution is -2.34. The van der Waals surface area contributed by atoms with Crippen LogP contribution in [0.15, 0.2) is 18.3 Å². The highest BCUT2D eigenvalue weighted by atomic mass is 16.3. The van der Waals surface area contributed by atoms with E-state index < -0.39 is 5.91 Å². The lowest BCUT2D eigenvalue weighted by atomic mass is 9.85. The molecule has 0 aromatic carbocycles. The lowest BCUT2D eigenvalue weighted by Gasteiger charge is -2.31. The van der Waals surface area contributed by atoms with E-state index in [4.69, 9.17) is 5.73 Å². The van der Waals surface area contributed by atoms with Crippen LogP contribution in [-0.2, 0) is 0 Å². The molecule has 0 bridgehead atoms. The van der Waals surface area contributed by atoms with Gasteiger partial charge < -0.3 is 16.2 Å². The van der Waals surface area contributed by atoms with Gasteiger partial charge in [0.1, 0.15) is 5.82 Å². The van der Waals surface area contributed by atoms with Crippen LogP contribution in [0, 0.1) is 5.92 Å². The van der Waals surface area contributed by atoms with E-state index in [1.165, 1.54) is 19.0 Å². The number of nitrogens with one attached hydrogen (secondary N) is 1. The fourth-order valence-corrected chi connectivity index (χ4v) is 2.43. The number of anilines is 1. The minimum absolute atomic E-state index is 0.205. The fraction of sp³-hybridized carbons (Fsp3) is 0.538. The average molecular weight is 249 g/mol. The normalized spacial score (nSPS) is 23.6. The van der Waals surface area contributed by atoms with E-state index in [2.05, 4.69) is 10.3 Å². The Kier molecular flexibility index (Phi) is 4.15. The third kappa shape index (κ3) is 2.98. The van der Waals surface area contributed by atoms with E-state index in [0.29, 0.717) is 5.56 Å². The first-order chi connectivity index (χ1) is 8.70. The number of rotatable bonds is 4. The molecule has 1 saturated carbocycles. The molecule has 5 heteroatoms. The third-order valence-electron chi connectivity index (χ3n) is 3.52. The Morgan fingerprint density at radius 1 is 1.44 bits per heavy atom. The molecule has 1 aliphatic rings. The predicted octanol–water partition coefficient (Wildman–Crippen LogP) is 1.14. The minimum atomic E-state index is -0.472. The van der Waals surface area contributed by atoms with Gasteiger partial charge in [0.2, 0.25) is 5.91 Å². The second kappa shape index (κ2) is 5.82. The maximum Gasteiger partial charge on any atom is 0.250 e. The predicted molar refractivity (Wildman–Crippen MR) is 69.2 cm³/mol. The Morgan fingerprint density at radius 3 is 2.83 bits per heavy atom. The van der Waals surface area contributed by atoms with Gasteiger partial charge in [-0.1, -0.05) is 12.8 Å². The molecule has 18 heavy (non-hydrogen) atoms. The van der Waals surface area contributed by atoms with Crippen LogP contribution in [0.5, 0.6) is 0 Å². The van der Waals surface area contributed by atoms with Gasteiger partial charge in [-0.05, 0) is 25.0 Å². The van der Waals surface area contributed by atoms with Gasteiger partial charge in [-0.25, -0.2) is 4.98 Å². The van der Waals surface area contributed by atoms with Crippen molar-refractivity contribution >= 4 is 11.7 Å². The van der Waals surface area contributed by atoms with Crippen LogP contribution in [0.3, 0.4) is 0 Å². The summed E-state index contributed by atoms with van der Waals surface area (Å²) in [7, 11) is 0. The molecule has 0 saturated heterocycles. The van der Waals surface area contributed by atoms with E-state index >= 15 is 0 Å². The average Bonchev–Trinajstić information content (AvgIpc) is 2.40. The van der Waals surface area contributed by atoms with Crippen molar-refractivity contribution in [2.45, 2.75) is 31.7 Å². The number of nitrogens with two attached hydrogens (primary N) is 1. The summed E-state index contributed by atoms with van der Waals surface area (Å²) in [5.41, 5.74) is 5.56. The molecule has 1 amide bonds. The molecule has 5 nitrogen and oxygen atoms in total. The van der Waals surface area contributed by atoms with Crippen LogP contribution in [0.1, 0.15) is 36.0 Å². The monoisotopic (exact) mass is 249 g/mol. The molecule has 1 fully saturated rings. The molecule has 0 spiro atoms. The summed E-state index contributed by atoms with van der Waals surface area (Å²) in [6.45, 7) is 0.205. The lowest BCUT2D eigenvalue weighted by molar-refractivity contribution is 0.1000. The maximum absolute atomic E-state index is 10.9. The molecule has 2 rings (SSSR count). The Hall–Kier alpha value is -1.62. The molecule has 2 atom stereocenters. The Balaban J connectivity index is 2.01. The fourth-order valence-electron chi connectivity index (χ4n) is 2.43. The van der Waals surface area contributed by atoms with E-state index in [1.54, 1.807) is 12.1 Å². The largest absolute Gasteiger partial charge is 0.396 e. The zero-order valence-corrected chi connectivity index (χ0v) is 10.3. The van der Waals surface area contributed by atoms with Gasteiger partial charge in [-0.15, -0.1) is 0 Å². The number of nitrogens with zero attached hydrogens (tertiary/aromatic N) is 1. The van der Waals surface area contributed by atoms with Crippen LogP contribution >= 0.6 is 0 Å². The van der Waals surface area contributed by atoms with Gasteiger partial charge in [-0.2, -0.15) is 0 Å².